The highest BCUT2D eigenvalue weighted by Gasteiger charge is 2.06. The van der Waals surface area contributed by atoms with Gasteiger partial charge in [-0.25, -0.2) is 0 Å². The summed E-state index contributed by atoms with van der Waals surface area (Å²) in [6, 6.07) is 0. The summed E-state index contributed by atoms with van der Waals surface area (Å²) in [5.74, 6) is -0.198. The van der Waals surface area contributed by atoms with Gasteiger partial charge < -0.3 is 9.84 Å². The zero-order chi connectivity index (χ0) is 10.3. The minimum Gasteiger partial charge on any atom is -0.466 e. The van der Waals surface area contributed by atoms with Gasteiger partial charge in [0, 0.05) is 6.42 Å². The van der Waals surface area contributed by atoms with E-state index in [1.165, 1.54) is 0 Å². The molecule has 0 amide bonds. The molecule has 3 nitrogen and oxygen atoms in total. The maximum atomic E-state index is 10.9. The van der Waals surface area contributed by atoms with E-state index in [0.717, 1.165) is 5.57 Å². The number of hydrogen-bond acceptors (Lipinski definition) is 3. The van der Waals surface area contributed by atoms with Crippen molar-refractivity contribution in [1.29, 1.82) is 0 Å². The molecular weight excluding hydrogens is 168 g/mol. The number of aliphatic hydroxyl groups excluding tert-OH is 1. The Kier molecular flexibility index (Phi) is 6.24. The van der Waals surface area contributed by atoms with Gasteiger partial charge in [-0.05, 0) is 26.7 Å². The second-order valence-corrected chi connectivity index (χ2v) is 3.06. The summed E-state index contributed by atoms with van der Waals surface area (Å²) < 4.78 is 4.74. The fourth-order valence-corrected chi connectivity index (χ4v) is 0.919. The van der Waals surface area contributed by atoms with Crippen molar-refractivity contribution < 1.29 is 14.6 Å². The molecule has 1 atom stereocenters. The van der Waals surface area contributed by atoms with Crippen molar-refractivity contribution in [2.45, 2.75) is 39.2 Å². The van der Waals surface area contributed by atoms with Gasteiger partial charge in [0.15, 0.2) is 0 Å². The molecule has 0 aliphatic carbocycles. The zero-order valence-electron chi connectivity index (χ0n) is 8.38. The van der Waals surface area contributed by atoms with Gasteiger partial charge in [0.05, 0.1) is 12.7 Å². The fourth-order valence-electron chi connectivity index (χ4n) is 0.919. The molecule has 0 aromatic rings. The SMILES string of the molecule is C=C(C)[C@@H](O)CCCC(=O)OCC. The molecule has 0 bridgehead atoms. The lowest BCUT2D eigenvalue weighted by atomic mass is 10.1. The average Bonchev–Trinajstić information content (AvgIpc) is 2.04. The summed E-state index contributed by atoms with van der Waals surface area (Å²) in [5.41, 5.74) is 0.740. The third kappa shape index (κ3) is 6.34. The van der Waals surface area contributed by atoms with Crippen LogP contribution in [0.3, 0.4) is 0 Å². The van der Waals surface area contributed by atoms with Crippen LogP contribution in [0.1, 0.15) is 33.1 Å². The molecule has 13 heavy (non-hydrogen) atoms. The van der Waals surface area contributed by atoms with Crippen LogP contribution < -0.4 is 0 Å². The first-order valence-electron chi connectivity index (χ1n) is 4.57. The molecule has 1 N–H and O–H groups in total. The zero-order valence-corrected chi connectivity index (χ0v) is 8.38. The van der Waals surface area contributed by atoms with Crippen molar-refractivity contribution in [3.8, 4) is 0 Å². The number of ether oxygens (including phenoxy) is 1. The van der Waals surface area contributed by atoms with E-state index in [2.05, 4.69) is 6.58 Å². The van der Waals surface area contributed by atoms with Crippen molar-refractivity contribution in [2.75, 3.05) is 6.61 Å². The first kappa shape index (κ1) is 12.2. The molecule has 0 aromatic heterocycles. The summed E-state index contributed by atoms with van der Waals surface area (Å²) in [7, 11) is 0. The molecule has 0 heterocycles. The van der Waals surface area contributed by atoms with E-state index in [0.29, 0.717) is 25.9 Å². The molecule has 76 valence electrons. The molecule has 0 aliphatic rings. The molecule has 0 aliphatic heterocycles. The van der Waals surface area contributed by atoms with Gasteiger partial charge >= 0.3 is 5.97 Å². The Hall–Kier alpha value is -0.830. The average molecular weight is 186 g/mol. The number of carbonyl (C=O) groups excluding carboxylic acids is 1. The van der Waals surface area contributed by atoms with E-state index in [4.69, 9.17) is 4.74 Å². The van der Waals surface area contributed by atoms with Crippen LogP contribution in [0.15, 0.2) is 12.2 Å². The number of rotatable bonds is 6. The highest BCUT2D eigenvalue weighted by molar-refractivity contribution is 5.69. The second kappa shape index (κ2) is 6.66. The van der Waals surface area contributed by atoms with Crippen LogP contribution in [-0.2, 0) is 9.53 Å². The van der Waals surface area contributed by atoms with Gasteiger partial charge in [-0.2, -0.15) is 0 Å². The van der Waals surface area contributed by atoms with Gasteiger partial charge in [0.25, 0.3) is 0 Å². The second-order valence-electron chi connectivity index (χ2n) is 3.06. The summed E-state index contributed by atoms with van der Waals surface area (Å²) >= 11 is 0. The van der Waals surface area contributed by atoms with Gasteiger partial charge in [0.1, 0.15) is 0 Å². The van der Waals surface area contributed by atoms with Crippen LogP contribution in [-0.4, -0.2) is 23.8 Å². The minimum absolute atomic E-state index is 0.198. The summed E-state index contributed by atoms with van der Waals surface area (Å²) in [4.78, 5) is 10.9. The smallest absolute Gasteiger partial charge is 0.305 e. The molecule has 0 aromatic carbocycles. The van der Waals surface area contributed by atoms with Gasteiger partial charge in [-0.15, -0.1) is 0 Å². The van der Waals surface area contributed by atoms with Crippen molar-refractivity contribution >= 4 is 5.97 Å². The van der Waals surface area contributed by atoms with Gasteiger partial charge in [0.2, 0.25) is 0 Å². The Morgan fingerprint density at radius 3 is 2.69 bits per heavy atom. The molecule has 0 saturated heterocycles. The molecular formula is C10H18O3. The topological polar surface area (TPSA) is 46.5 Å². The normalized spacial score (nSPS) is 12.2. The van der Waals surface area contributed by atoms with Gasteiger partial charge in [-0.3, -0.25) is 4.79 Å². The Morgan fingerprint density at radius 1 is 1.62 bits per heavy atom. The van der Waals surface area contributed by atoms with Crippen molar-refractivity contribution in [1.82, 2.24) is 0 Å². The summed E-state index contributed by atoms with van der Waals surface area (Å²) in [5, 5.41) is 9.32. The first-order valence-corrected chi connectivity index (χ1v) is 4.57. The number of esters is 1. The van der Waals surface area contributed by atoms with E-state index in [9.17, 15) is 9.90 Å². The Balaban J connectivity index is 3.44. The maximum Gasteiger partial charge on any atom is 0.305 e. The van der Waals surface area contributed by atoms with E-state index >= 15 is 0 Å². The molecule has 0 saturated carbocycles. The number of hydrogen-bond donors (Lipinski definition) is 1. The predicted octanol–water partition coefficient (Wildman–Crippen LogP) is 1.66. The van der Waals surface area contributed by atoms with Crippen LogP contribution in [0.5, 0.6) is 0 Å². The lowest BCUT2D eigenvalue weighted by Crippen LogP contribution is -2.09. The number of carbonyl (C=O) groups is 1. The van der Waals surface area contributed by atoms with Gasteiger partial charge in [-0.1, -0.05) is 12.2 Å². The molecule has 0 spiro atoms. The molecule has 0 fully saturated rings. The third-order valence-electron chi connectivity index (χ3n) is 1.73. The van der Waals surface area contributed by atoms with E-state index in [1.807, 2.05) is 0 Å². The fraction of sp³-hybridized carbons (Fsp3) is 0.700. The summed E-state index contributed by atoms with van der Waals surface area (Å²) in [6.45, 7) is 7.59. The van der Waals surface area contributed by atoms with Crippen LogP contribution in [0, 0.1) is 0 Å². The highest BCUT2D eigenvalue weighted by Crippen LogP contribution is 2.07. The number of aliphatic hydroxyl groups is 1. The largest absolute Gasteiger partial charge is 0.466 e. The minimum atomic E-state index is -0.491. The Labute approximate surface area is 79.4 Å². The standard InChI is InChI=1S/C10H18O3/c1-4-13-10(12)7-5-6-9(11)8(2)3/h9,11H,2,4-7H2,1,3H3/t9-/m0/s1. The quantitative estimate of drug-likeness (QED) is 0.507. The van der Waals surface area contributed by atoms with Crippen molar-refractivity contribution in [3.05, 3.63) is 12.2 Å². The predicted molar refractivity (Wildman–Crippen MR) is 51.3 cm³/mol. The third-order valence-corrected chi connectivity index (χ3v) is 1.73. The highest BCUT2D eigenvalue weighted by atomic mass is 16.5. The van der Waals surface area contributed by atoms with Crippen molar-refractivity contribution in [2.24, 2.45) is 0 Å². The van der Waals surface area contributed by atoms with E-state index in [1.54, 1.807) is 13.8 Å². The lowest BCUT2D eigenvalue weighted by molar-refractivity contribution is -0.143. The molecule has 0 radical (unpaired) electrons. The molecule has 3 heteroatoms. The maximum absolute atomic E-state index is 10.9. The molecule has 0 rings (SSSR count). The molecule has 0 unspecified atom stereocenters. The monoisotopic (exact) mass is 186 g/mol. The summed E-state index contributed by atoms with van der Waals surface area (Å²) in [6.07, 6.45) is 1.11. The first-order chi connectivity index (χ1) is 6.07. The Bertz CT molecular complexity index is 175. The lowest BCUT2D eigenvalue weighted by Gasteiger charge is -2.08. The Morgan fingerprint density at radius 2 is 2.23 bits per heavy atom. The van der Waals surface area contributed by atoms with E-state index < -0.39 is 6.10 Å². The van der Waals surface area contributed by atoms with Crippen LogP contribution in [0.4, 0.5) is 0 Å². The van der Waals surface area contributed by atoms with E-state index in [-0.39, 0.29) is 5.97 Å². The van der Waals surface area contributed by atoms with Crippen LogP contribution in [0.25, 0.3) is 0 Å². The van der Waals surface area contributed by atoms with Crippen LogP contribution >= 0.6 is 0 Å². The van der Waals surface area contributed by atoms with Crippen molar-refractivity contribution in [3.63, 3.8) is 0 Å². The van der Waals surface area contributed by atoms with Crippen LogP contribution in [0.2, 0.25) is 0 Å².